The van der Waals surface area contributed by atoms with E-state index in [1.54, 1.807) is 24.4 Å². The summed E-state index contributed by atoms with van der Waals surface area (Å²) in [6, 6.07) is 6.33. The molecule has 1 heterocycles. The summed E-state index contributed by atoms with van der Waals surface area (Å²) in [6.45, 7) is 1.86. The van der Waals surface area contributed by atoms with Gasteiger partial charge in [0, 0.05) is 23.0 Å². The van der Waals surface area contributed by atoms with Crippen LogP contribution < -0.4 is 11.5 Å². The van der Waals surface area contributed by atoms with Crippen molar-refractivity contribution in [1.82, 2.24) is 4.98 Å². The van der Waals surface area contributed by atoms with E-state index in [2.05, 4.69) is 4.98 Å². The summed E-state index contributed by atoms with van der Waals surface area (Å²) in [7, 11) is 0. The zero-order valence-electron chi connectivity index (χ0n) is 8.87. The molecule has 0 amide bonds. The van der Waals surface area contributed by atoms with Crippen molar-refractivity contribution in [2.24, 2.45) is 0 Å². The Morgan fingerprint density at radius 3 is 2.56 bits per heavy atom. The molecule has 1 aromatic carbocycles. The zero-order chi connectivity index (χ0) is 11.7. The van der Waals surface area contributed by atoms with Crippen LogP contribution in [-0.4, -0.2) is 4.98 Å². The highest BCUT2D eigenvalue weighted by Crippen LogP contribution is 2.30. The number of aromatic nitrogens is 1. The van der Waals surface area contributed by atoms with Gasteiger partial charge in [-0.2, -0.15) is 0 Å². The molecule has 4 heteroatoms. The maximum atomic E-state index is 13.7. The van der Waals surface area contributed by atoms with Crippen LogP contribution in [0.25, 0.3) is 11.1 Å². The first-order valence-electron chi connectivity index (χ1n) is 4.86. The molecule has 0 aliphatic heterocycles. The lowest BCUT2D eigenvalue weighted by Crippen LogP contribution is -1.98. The number of anilines is 2. The zero-order valence-corrected chi connectivity index (χ0v) is 8.87. The molecular formula is C12H12FN3. The minimum Gasteiger partial charge on any atom is -0.399 e. The van der Waals surface area contributed by atoms with Gasteiger partial charge in [-0.15, -0.1) is 0 Å². The summed E-state index contributed by atoms with van der Waals surface area (Å²) in [6.07, 6.45) is 1.60. The number of hydrogen-bond acceptors (Lipinski definition) is 3. The third-order valence-corrected chi connectivity index (χ3v) is 2.45. The van der Waals surface area contributed by atoms with Gasteiger partial charge in [-0.25, -0.2) is 9.37 Å². The molecule has 0 aliphatic carbocycles. The van der Waals surface area contributed by atoms with Gasteiger partial charge in [0.15, 0.2) is 0 Å². The fourth-order valence-electron chi connectivity index (χ4n) is 1.66. The Balaban J connectivity index is 2.68. The number of rotatable bonds is 1. The van der Waals surface area contributed by atoms with Gasteiger partial charge in [0.05, 0.1) is 0 Å². The Morgan fingerprint density at radius 1 is 1.19 bits per heavy atom. The smallest absolute Gasteiger partial charge is 0.133 e. The largest absolute Gasteiger partial charge is 0.399 e. The van der Waals surface area contributed by atoms with Crippen molar-refractivity contribution in [3.8, 4) is 11.1 Å². The van der Waals surface area contributed by atoms with Gasteiger partial charge in [-0.1, -0.05) is 0 Å². The van der Waals surface area contributed by atoms with E-state index in [1.165, 1.54) is 6.07 Å². The van der Waals surface area contributed by atoms with Crippen molar-refractivity contribution in [3.63, 3.8) is 0 Å². The highest BCUT2D eigenvalue weighted by Gasteiger charge is 2.11. The SMILES string of the molecule is Cc1ccnc(N)c1-c1ccc(N)cc1F. The van der Waals surface area contributed by atoms with E-state index in [1.807, 2.05) is 6.92 Å². The number of nitrogens with two attached hydrogens (primary N) is 2. The third kappa shape index (κ3) is 1.69. The highest BCUT2D eigenvalue weighted by molar-refractivity contribution is 5.77. The quantitative estimate of drug-likeness (QED) is 0.721. The van der Waals surface area contributed by atoms with Crippen LogP contribution in [0.1, 0.15) is 5.56 Å². The van der Waals surface area contributed by atoms with Gasteiger partial charge < -0.3 is 11.5 Å². The summed E-state index contributed by atoms with van der Waals surface area (Å²) in [4.78, 5) is 3.96. The van der Waals surface area contributed by atoms with E-state index in [9.17, 15) is 4.39 Å². The van der Waals surface area contributed by atoms with E-state index in [0.29, 0.717) is 22.6 Å². The van der Waals surface area contributed by atoms with Crippen molar-refractivity contribution in [2.45, 2.75) is 6.92 Å². The Hall–Kier alpha value is -2.10. The number of hydrogen-bond donors (Lipinski definition) is 2. The van der Waals surface area contributed by atoms with Crippen molar-refractivity contribution >= 4 is 11.5 Å². The van der Waals surface area contributed by atoms with Crippen LogP contribution in [0.15, 0.2) is 30.5 Å². The second kappa shape index (κ2) is 3.81. The molecule has 2 rings (SSSR count). The van der Waals surface area contributed by atoms with Crippen molar-refractivity contribution in [3.05, 3.63) is 41.8 Å². The maximum absolute atomic E-state index is 13.7. The van der Waals surface area contributed by atoms with Gasteiger partial charge in [0.2, 0.25) is 0 Å². The standard InChI is InChI=1S/C12H12FN3/c1-7-4-5-16-12(15)11(7)9-3-2-8(14)6-10(9)13/h2-6H,14H2,1H3,(H2,15,16). The molecule has 3 nitrogen and oxygen atoms in total. The Kier molecular flexibility index (Phi) is 2.48. The average molecular weight is 217 g/mol. The molecule has 0 fully saturated rings. The monoisotopic (exact) mass is 217 g/mol. The van der Waals surface area contributed by atoms with Gasteiger partial charge >= 0.3 is 0 Å². The fraction of sp³-hybridized carbons (Fsp3) is 0.0833. The number of benzene rings is 1. The first-order chi connectivity index (χ1) is 7.59. The second-order valence-corrected chi connectivity index (χ2v) is 3.63. The molecule has 4 N–H and O–H groups in total. The van der Waals surface area contributed by atoms with Crippen LogP contribution in [0.2, 0.25) is 0 Å². The molecule has 0 unspecified atom stereocenters. The van der Waals surface area contributed by atoms with E-state index in [4.69, 9.17) is 11.5 Å². The molecule has 16 heavy (non-hydrogen) atoms. The fourth-order valence-corrected chi connectivity index (χ4v) is 1.66. The second-order valence-electron chi connectivity index (χ2n) is 3.63. The normalized spacial score (nSPS) is 10.4. The lowest BCUT2D eigenvalue weighted by molar-refractivity contribution is 0.632. The van der Waals surface area contributed by atoms with Crippen LogP contribution in [0, 0.1) is 12.7 Å². The molecule has 0 saturated carbocycles. The minimum atomic E-state index is -0.386. The van der Waals surface area contributed by atoms with Gasteiger partial charge in [0.25, 0.3) is 0 Å². The number of nitrogen functional groups attached to an aromatic ring is 2. The van der Waals surface area contributed by atoms with E-state index in [-0.39, 0.29) is 5.82 Å². The third-order valence-electron chi connectivity index (χ3n) is 2.45. The summed E-state index contributed by atoms with van der Waals surface area (Å²) in [5, 5.41) is 0. The summed E-state index contributed by atoms with van der Waals surface area (Å²) >= 11 is 0. The number of halogens is 1. The summed E-state index contributed by atoms with van der Waals surface area (Å²) in [5.74, 6) is -0.0635. The molecule has 0 atom stereocenters. The molecule has 1 aromatic heterocycles. The van der Waals surface area contributed by atoms with E-state index < -0.39 is 0 Å². The molecule has 0 radical (unpaired) electrons. The Morgan fingerprint density at radius 2 is 1.94 bits per heavy atom. The van der Waals surface area contributed by atoms with Crippen LogP contribution in [0.4, 0.5) is 15.9 Å². The van der Waals surface area contributed by atoms with Crippen LogP contribution in [-0.2, 0) is 0 Å². The lowest BCUT2D eigenvalue weighted by atomic mass is 10.0. The van der Waals surface area contributed by atoms with Crippen LogP contribution in [0.5, 0.6) is 0 Å². The van der Waals surface area contributed by atoms with Gasteiger partial charge in [-0.05, 0) is 36.8 Å². The summed E-state index contributed by atoms with van der Waals surface area (Å²) in [5.41, 5.74) is 13.6. The number of aryl methyl sites for hydroxylation is 1. The van der Waals surface area contributed by atoms with Crippen molar-refractivity contribution in [2.75, 3.05) is 11.5 Å². The van der Waals surface area contributed by atoms with Crippen LogP contribution in [0.3, 0.4) is 0 Å². The van der Waals surface area contributed by atoms with Gasteiger partial charge in [0.1, 0.15) is 11.6 Å². The minimum absolute atomic E-state index is 0.323. The average Bonchev–Trinajstić information content (AvgIpc) is 2.20. The molecule has 82 valence electrons. The molecule has 0 aliphatic rings. The molecule has 0 saturated heterocycles. The molecule has 0 spiro atoms. The first kappa shape index (κ1) is 10.4. The molecular weight excluding hydrogens is 205 g/mol. The first-order valence-corrected chi connectivity index (χ1v) is 4.86. The number of pyridine rings is 1. The molecule has 2 aromatic rings. The predicted molar refractivity (Wildman–Crippen MR) is 63.2 cm³/mol. The molecule has 0 bridgehead atoms. The number of nitrogens with zero attached hydrogens (tertiary/aromatic N) is 1. The lowest BCUT2D eigenvalue weighted by Gasteiger charge is -2.09. The van der Waals surface area contributed by atoms with Gasteiger partial charge in [-0.3, -0.25) is 0 Å². The topological polar surface area (TPSA) is 64.9 Å². The maximum Gasteiger partial charge on any atom is 0.133 e. The van der Waals surface area contributed by atoms with Crippen molar-refractivity contribution < 1.29 is 4.39 Å². The van der Waals surface area contributed by atoms with Crippen LogP contribution >= 0.6 is 0 Å². The highest BCUT2D eigenvalue weighted by atomic mass is 19.1. The Labute approximate surface area is 92.9 Å². The van der Waals surface area contributed by atoms with E-state index in [0.717, 1.165) is 5.56 Å². The Bertz CT molecular complexity index is 518. The van der Waals surface area contributed by atoms with Crippen molar-refractivity contribution in [1.29, 1.82) is 0 Å². The summed E-state index contributed by atoms with van der Waals surface area (Å²) < 4.78 is 13.7. The predicted octanol–water partition coefficient (Wildman–Crippen LogP) is 2.36. The van der Waals surface area contributed by atoms with E-state index >= 15 is 0 Å².